The minimum Gasteiger partial charge on any atom is -0.481 e. The van der Waals surface area contributed by atoms with Crippen molar-refractivity contribution < 1.29 is 29.0 Å². The third-order valence-electron chi connectivity index (χ3n) is 5.58. The van der Waals surface area contributed by atoms with Gasteiger partial charge in [-0.15, -0.1) is 0 Å². The molecule has 0 aliphatic carbocycles. The number of alkyl carbamates (subject to hydrolysis) is 1. The molecule has 3 N–H and O–H groups in total. The van der Waals surface area contributed by atoms with E-state index in [2.05, 4.69) is 16.7 Å². The van der Waals surface area contributed by atoms with Crippen molar-refractivity contribution in [1.29, 1.82) is 0 Å². The number of fused-ring (bicyclic) bond motifs is 2. The van der Waals surface area contributed by atoms with Gasteiger partial charge in [-0.1, -0.05) is 25.5 Å². The van der Waals surface area contributed by atoms with Gasteiger partial charge in [0.2, 0.25) is 5.91 Å². The Morgan fingerprint density at radius 2 is 1.86 bits per heavy atom. The summed E-state index contributed by atoms with van der Waals surface area (Å²) in [7, 11) is 0. The molecule has 2 fully saturated rings. The van der Waals surface area contributed by atoms with Crippen molar-refractivity contribution in [2.24, 2.45) is 11.8 Å². The lowest BCUT2D eigenvalue weighted by molar-refractivity contribution is -0.137. The number of carbonyl (C=O) groups is 3. The topological polar surface area (TPSA) is 114 Å². The molecular weight excluding hydrogens is 376 g/mol. The Hall–Kier alpha value is -2.09. The predicted molar refractivity (Wildman–Crippen MR) is 107 cm³/mol. The SMILES string of the molecule is CCCCNC(=O)CNC(=O)OC[C@H]1[C@@H](C/C=C\CCCC(=O)O)[C@H]2CC[C@@H]1O2. The highest BCUT2D eigenvalue weighted by atomic mass is 16.6. The first-order valence-electron chi connectivity index (χ1n) is 10.7. The van der Waals surface area contributed by atoms with Crippen LogP contribution >= 0.6 is 0 Å². The minimum atomic E-state index is -0.770. The van der Waals surface area contributed by atoms with Crippen LogP contribution in [0.2, 0.25) is 0 Å². The van der Waals surface area contributed by atoms with Gasteiger partial charge in [0.25, 0.3) is 0 Å². The molecule has 4 atom stereocenters. The summed E-state index contributed by atoms with van der Waals surface area (Å²) in [6, 6.07) is 0. The number of carboxylic acid groups (broad SMARTS) is 1. The zero-order valence-electron chi connectivity index (χ0n) is 17.2. The van der Waals surface area contributed by atoms with Crippen molar-refractivity contribution in [3.63, 3.8) is 0 Å². The largest absolute Gasteiger partial charge is 0.481 e. The first kappa shape index (κ1) is 23.2. The number of amides is 2. The summed E-state index contributed by atoms with van der Waals surface area (Å²) in [5.74, 6) is -0.533. The molecule has 0 spiro atoms. The van der Waals surface area contributed by atoms with E-state index in [4.69, 9.17) is 14.6 Å². The van der Waals surface area contributed by atoms with E-state index in [9.17, 15) is 14.4 Å². The average Bonchev–Trinajstić information content (AvgIpc) is 3.29. The molecule has 2 amide bonds. The van der Waals surface area contributed by atoms with E-state index < -0.39 is 12.1 Å². The summed E-state index contributed by atoms with van der Waals surface area (Å²) < 4.78 is 11.4. The van der Waals surface area contributed by atoms with Crippen LogP contribution in [0.4, 0.5) is 4.79 Å². The molecule has 0 radical (unpaired) electrons. The van der Waals surface area contributed by atoms with Crippen molar-refractivity contribution in [1.82, 2.24) is 10.6 Å². The quantitative estimate of drug-likeness (QED) is 0.318. The van der Waals surface area contributed by atoms with E-state index >= 15 is 0 Å². The first-order valence-corrected chi connectivity index (χ1v) is 10.7. The van der Waals surface area contributed by atoms with Gasteiger partial charge in [0.1, 0.15) is 0 Å². The number of ether oxygens (including phenoxy) is 2. The molecule has 29 heavy (non-hydrogen) atoms. The highest BCUT2D eigenvalue weighted by Gasteiger charge is 2.48. The number of aliphatic carboxylic acids is 1. The van der Waals surface area contributed by atoms with Gasteiger partial charge < -0.3 is 25.2 Å². The molecule has 8 heteroatoms. The van der Waals surface area contributed by atoms with Crippen LogP contribution in [0, 0.1) is 11.8 Å². The summed E-state index contributed by atoms with van der Waals surface area (Å²) >= 11 is 0. The number of unbranched alkanes of at least 4 members (excludes halogenated alkanes) is 2. The number of nitrogens with one attached hydrogen (secondary N) is 2. The smallest absolute Gasteiger partial charge is 0.407 e. The molecular formula is C21H34N2O6. The van der Waals surface area contributed by atoms with Crippen LogP contribution in [0.3, 0.4) is 0 Å². The van der Waals surface area contributed by atoms with Crippen LogP contribution in [0.15, 0.2) is 12.2 Å². The zero-order valence-corrected chi connectivity index (χ0v) is 17.2. The Labute approximate surface area is 172 Å². The van der Waals surface area contributed by atoms with Gasteiger partial charge in [0.05, 0.1) is 25.4 Å². The maximum absolute atomic E-state index is 11.9. The van der Waals surface area contributed by atoms with Crippen LogP contribution in [-0.2, 0) is 19.1 Å². The van der Waals surface area contributed by atoms with Crippen molar-refractivity contribution in [2.45, 2.75) is 70.5 Å². The van der Waals surface area contributed by atoms with E-state index in [0.717, 1.165) is 38.5 Å². The first-order chi connectivity index (χ1) is 14.0. The molecule has 8 nitrogen and oxygen atoms in total. The number of allylic oxidation sites excluding steroid dienone is 2. The predicted octanol–water partition coefficient (Wildman–Crippen LogP) is 2.62. The maximum atomic E-state index is 11.9. The summed E-state index contributed by atoms with van der Waals surface area (Å²) in [5.41, 5.74) is 0. The lowest BCUT2D eigenvalue weighted by atomic mass is 9.78. The van der Waals surface area contributed by atoms with Gasteiger partial charge in [-0.3, -0.25) is 9.59 Å². The van der Waals surface area contributed by atoms with E-state index in [1.54, 1.807) is 0 Å². The van der Waals surface area contributed by atoms with Gasteiger partial charge in [0.15, 0.2) is 0 Å². The van der Waals surface area contributed by atoms with Crippen LogP contribution in [0.1, 0.15) is 58.3 Å². The molecule has 0 aromatic rings. The highest BCUT2D eigenvalue weighted by Crippen LogP contribution is 2.45. The molecule has 0 saturated carbocycles. The van der Waals surface area contributed by atoms with Gasteiger partial charge in [-0.2, -0.15) is 0 Å². The standard InChI is InChI=1S/C21H34N2O6/c1-2-3-12-22-19(24)13-23-21(27)28-14-16-15(17-10-11-18(16)29-17)8-6-4-5-7-9-20(25)26/h4,6,15-18H,2-3,5,7-14H2,1H3,(H,22,24)(H,23,27)(H,25,26)/b6-4-/t15-,16+,17-,18+/m1/s1. The van der Waals surface area contributed by atoms with Crippen molar-refractivity contribution >= 4 is 18.0 Å². The molecule has 0 aromatic heterocycles. The number of hydrogen-bond donors (Lipinski definition) is 3. The van der Waals surface area contributed by atoms with E-state index in [0.29, 0.717) is 18.9 Å². The number of carboxylic acids is 1. The Balaban J connectivity index is 1.68. The molecule has 2 aliphatic rings. The molecule has 0 aromatic carbocycles. The Kier molecular flexibility index (Phi) is 9.97. The summed E-state index contributed by atoms with van der Waals surface area (Å²) in [5, 5.41) is 13.9. The van der Waals surface area contributed by atoms with Gasteiger partial charge in [-0.25, -0.2) is 4.79 Å². The number of carbonyl (C=O) groups excluding carboxylic acids is 2. The second kappa shape index (κ2) is 12.5. The Bertz CT molecular complexity index is 580. The van der Waals surface area contributed by atoms with E-state index in [1.807, 2.05) is 13.0 Å². The fourth-order valence-corrected chi connectivity index (χ4v) is 4.01. The fourth-order valence-electron chi connectivity index (χ4n) is 4.01. The molecule has 164 valence electrons. The second-order valence-electron chi connectivity index (χ2n) is 7.77. The lowest BCUT2D eigenvalue weighted by Gasteiger charge is -2.26. The van der Waals surface area contributed by atoms with E-state index in [1.165, 1.54) is 0 Å². The molecule has 2 saturated heterocycles. The third-order valence-corrected chi connectivity index (χ3v) is 5.58. The number of rotatable bonds is 13. The lowest BCUT2D eigenvalue weighted by Crippen LogP contribution is -2.39. The Morgan fingerprint density at radius 3 is 2.59 bits per heavy atom. The summed E-state index contributed by atoms with van der Waals surface area (Å²) in [6.45, 7) is 2.85. The third kappa shape index (κ3) is 8.04. The average molecular weight is 411 g/mol. The fraction of sp³-hybridized carbons (Fsp3) is 0.762. The number of hydrogen-bond acceptors (Lipinski definition) is 5. The minimum absolute atomic E-state index is 0.0850. The van der Waals surface area contributed by atoms with Crippen LogP contribution in [0.5, 0.6) is 0 Å². The van der Waals surface area contributed by atoms with Gasteiger partial charge >= 0.3 is 12.1 Å². The van der Waals surface area contributed by atoms with E-state index in [-0.39, 0.29) is 43.6 Å². The van der Waals surface area contributed by atoms with Crippen molar-refractivity contribution in [3.05, 3.63) is 12.2 Å². The van der Waals surface area contributed by atoms with Gasteiger partial charge in [0, 0.05) is 18.9 Å². The van der Waals surface area contributed by atoms with Crippen LogP contribution < -0.4 is 10.6 Å². The molecule has 0 unspecified atom stereocenters. The monoisotopic (exact) mass is 410 g/mol. The normalized spacial score (nSPS) is 25.3. The maximum Gasteiger partial charge on any atom is 0.407 e. The van der Waals surface area contributed by atoms with Crippen LogP contribution in [0.25, 0.3) is 0 Å². The second-order valence-corrected chi connectivity index (χ2v) is 7.77. The zero-order chi connectivity index (χ0) is 21.1. The summed E-state index contributed by atoms with van der Waals surface area (Å²) in [6.07, 6.45) is 10.2. The Morgan fingerprint density at radius 1 is 1.10 bits per heavy atom. The van der Waals surface area contributed by atoms with Crippen molar-refractivity contribution in [2.75, 3.05) is 19.7 Å². The van der Waals surface area contributed by atoms with Gasteiger partial charge in [-0.05, 0) is 44.4 Å². The van der Waals surface area contributed by atoms with Crippen molar-refractivity contribution in [3.8, 4) is 0 Å². The van der Waals surface area contributed by atoms with Crippen LogP contribution in [-0.4, -0.2) is 55.0 Å². The molecule has 2 heterocycles. The summed E-state index contributed by atoms with van der Waals surface area (Å²) in [4.78, 5) is 34.1. The molecule has 2 aliphatic heterocycles. The highest BCUT2D eigenvalue weighted by molar-refractivity contribution is 5.82. The molecule has 2 rings (SSSR count). The molecule has 2 bridgehead atoms.